The van der Waals surface area contributed by atoms with Gasteiger partial charge in [-0.1, -0.05) is 13.8 Å². The van der Waals surface area contributed by atoms with Crippen LogP contribution in [-0.4, -0.2) is 35.0 Å². The van der Waals surface area contributed by atoms with Crippen LogP contribution in [0.5, 0.6) is 0 Å². The molecule has 5 atom stereocenters. The van der Waals surface area contributed by atoms with Crippen LogP contribution < -0.4 is 10.9 Å². The molecule has 1 aromatic rings. The summed E-state index contributed by atoms with van der Waals surface area (Å²) in [6.07, 6.45) is -4.59. The molecular weight excluding hydrogens is 482 g/mol. The maximum absolute atomic E-state index is 14.3. The molecule has 0 aromatic carbocycles. The first-order valence-corrected chi connectivity index (χ1v) is 10.8. The van der Waals surface area contributed by atoms with E-state index < -0.39 is 64.8 Å². The summed E-state index contributed by atoms with van der Waals surface area (Å²) in [5.74, 6) is -5.16. The van der Waals surface area contributed by atoms with Gasteiger partial charge in [0.1, 0.15) is 17.7 Å². The Kier molecular flexibility index (Phi) is 6.93. The number of halogens is 6. The number of nitrogens with zero attached hydrogens (tertiary/aromatic N) is 1. The second-order valence-corrected chi connectivity index (χ2v) is 9.32. The minimum absolute atomic E-state index is 0.0178. The Balaban J connectivity index is 2.11. The molecule has 2 aliphatic rings. The SMILES string of the molecule is CC1=C(OC(F)F)C(C)([C@@H]2[C@@H](C(=O)Nc3ccn(C)c(=O)c3)O[C@](C)(C(F)(F)F)[C@@H]2C)CC=C1F. The maximum Gasteiger partial charge on any atom is 0.417 e. The summed E-state index contributed by atoms with van der Waals surface area (Å²) in [6.45, 7) is 1.15. The van der Waals surface area contributed by atoms with Gasteiger partial charge in [0, 0.05) is 47.8 Å². The van der Waals surface area contributed by atoms with Gasteiger partial charge in [-0.05, 0) is 32.4 Å². The number of pyridine rings is 1. The number of hydrogen-bond acceptors (Lipinski definition) is 4. The summed E-state index contributed by atoms with van der Waals surface area (Å²) in [6, 6.07) is 2.44. The van der Waals surface area contributed by atoms with Gasteiger partial charge in [0.2, 0.25) is 0 Å². The van der Waals surface area contributed by atoms with E-state index in [9.17, 15) is 35.9 Å². The van der Waals surface area contributed by atoms with Gasteiger partial charge in [0.25, 0.3) is 11.5 Å². The summed E-state index contributed by atoms with van der Waals surface area (Å²) < 4.78 is 94.5. The average Bonchev–Trinajstić information content (AvgIpc) is 3.04. The number of ether oxygens (including phenoxy) is 2. The largest absolute Gasteiger partial charge is 0.438 e. The molecule has 1 amide bonds. The average molecular weight is 508 g/mol. The fraction of sp³-hybridized carbons (Fsp3) is 0.565. The number of nitrogens with one attached hydrogen (secondary N) is 1. The third kappa shape index (κ3) is 4.60. The van der Waals surface area contributed by atoms with E-state index in [4.69, 9.17) is 4.74 Å². The number of amides is 1. The molecule has 1 saturated heterocycles. The van der Waals surface area contributed by atoms with Crippen molar-refractivity contribution in [3.63, 3.8) is 0 Å². The van der Waals surface area contributed by atoms with Crippen molar-refractivity contribution in [3.8, 4) is 0 Å². The van der Waals surface area contributed by atoms with Crippen LogP contribution in [-0.2, 0) is 21.3 Å². The number of hydrogen-bond donors (Lipinski definition) is 1. The van der Waals surface area contributed by atoms with Gasteiger partial charge in [0.15, 0.2) is 5.60 Å². The van der Waals surface area contributed by atoms with Crippen molar-refractivity contribution >= 4 is 11.6 Å². The van der Waals surface area contributed by atoms with Crippen molar-refractivity contribution in [3.05, 3.63) is 51.9 Å². The van der Waals surface area contributed by atoms with E-state index >= 15 is 0 Å². The van der Waals surface area contributed by atoms with Crippen LogP contribution in [0.15, 0.2) is 46.4 Å². The van der Waals surface area contributed by atoms with Crippen LogP contribution in [0.25, 0.3) is 0 Å². The van der Waals surface area contributed by atoms with E-state index in [2.05, 4.69) is 10.1 Å². The van der Waals surface area contributed by atoms with Gasteiger partial charge >= 0.3 is 12.8 Å². The number of aryl methyl sites for hydroxylation is 1. The van der Waals surface area contributed by atoms with Crippen LogP contribution in [0.4, 0.5) is 32.0 Å². The zero-order valence-corrected chi connectivity index (χ0v) is 19.7. The molecule has 2 heterocycles. The first kappa shape index (κ1) is 26.8. The van der Waals surface area contributed by atoms with Gasteiger partial charge < -0.3 is 19.4 Å². The summed E-state index contributed by atoms with van der Waals surface area (Å²) in [5.41, 5.74) is -5.22. The van der Waals surface area contributed by atoms with Gasteiger partial charge in [-0.3, -0.25) is 9.59 Å². The molecule has 0 bridgehead atoms. The Morgan fingerprint density at radius 1 is 1.31 bits per heavy atom. The van der Waals surface area contributed by atoms with E-state index in [1.165, 1.54) is 44.6 Å². The van der Waals surface area contributed by atoms with Gasteiger partial charge in [-0.15, -0.1) is 0 Å². The molecule has 1 aliphatic carbocycles. The molecule has 194 valence electrons. The van der Waals surface area contributed by atoms with Crippen LogP contribution in [0.3, 0.4) is 0 Å². The highest BCUT2D eigenvalue weighted by molar-refractivity contribution is 5.94. The number of rotatable bonds is 5. The third-order valence-corrected chi connectivity index (χ3v) is 7.16. The number of carbonyl (C=O) groups is 1. The highest BCUT2D eigenvalue weighted by atomic mass is 19.4. The van der Waals surface area contributed by atoms with E-state index in [0.29, 0.717) is 0 Å². The molecule has 1 fully saturated rings. The Hall–Kier alpha value is -2.76. The van der Waals surface area contributed by atoms with Gasteiger partial charge in [0.05, 0.1) is 0 Å². The van der Waals surface area contributed by atoms with Crippen molar-refractivity contribution < 1.29 is 40.6 Å². The smallest absolute Gasteiger partial charge is 0.417 e. The third-order valence-electron chi connectivity index (χ3n) is 7.16. The number of alkyl halides is 5. The van der Waals surface area contributed by atoms with Gasteiger partial charge in [-0.25, -0.2) is 4.39 Å². The predicted octanol–water partition coefficient (Wildman–Crippen LogP) is 5.07. The molecule has 1 aliphatic heterocycles. The van der Waals surface area contributed by atoms with E-state index in [1.807, 2.05) is 0 Å². The van der Waals surface area contributed by atoms with Crippen molar-refractivity contribution in [2.24, 2.45) is 24.3 Å². The van der Waals surface area contributed by atoms with Crippen LogP contribution in [0, 0.1) is 17.3 Å². The zero-order valence-electron chi connectivity index (χ0n) is 19.7. The molecule has 1 N–H and O–H groups in total. The molecule has 12 heteroatoms. The Bertz CT molecular complexity index is 1130. The molecule has 0 radical (unpaired) electrons. The van der Waals surface area contributed by atoms with Crippen molar-refractivity contribution in [2.45, 2.75) is 58.6 Å². The maximum atomic E-state index is 14.3. The molecule has 1 aromatic heterocycles. The first-order valence-electron chi connectivity index (χ1n) is 10.8. The normalized spacial score (nSPS) is 31.5. The highest BCUT2D eigenvalue weighted by Gasteiger charge is 2.69. The lowest BCUT2D eigenvalue weighted by atomic mass is 9.61. The van der Waals surface area contributed by atoms with Crippen LogP contribution in [0.1, 0.15) is 34.1 Å². The lowest BCUT2D eigenvalue weighted by Crippen LogP contribution is -2.48. The van der Waals surface area contributed by atoms with Crippen LogP contribution in [0.2, 0.25) is 0 Å². The Morgan fingerprint density at radius 2 is 1.94 bits per heavy atom. The van der Waals surface area contributed by atoms with E-state index in [0.717, 1.165) is 19.1 Å². The second-order valence-electron chi connectivity index (χ2n) is 9.32. The number of carbonyl (C=O) groups excluding carboxylic acids is 1. The minimum Gasteiger partial charge on any atom is -0.438 e. The second kappa shape index (κ2) is 9.03. The number of allylic oxidation sites excluding steroid dienone is 4. The van der Waals surface area contributed by atoms with Crippen LogP contribution >= 0.6 is 0 Å². The van der Waals surface area contributed by atoms with Crippen molar-refractivity contribution in [1.29, 1.82) is 0 Å². The summed E-state index contributed by atoms with van der Waals surface area (Å²) in [7, 11) is 1.47. The standard InChI is InChI=1S/C23H26F6N2O4/c1-11-14(24)6-8-21(3,18(11)34-20(25)26)16-12(2)22(4,23(27,28)29)35-17(16)19(33)30-13-7-9-31(5)15(32)10-13/h6-7,9-10,12,16-17,20H,8H2,1-5H3,(H,30,33)/t12-,16+,17+,21?,22+/m1/s1. The summed E-state index contributed by atoms with van der Waals surface area (Å²) >= 11 is 0. The van der Waals surface area contributed by atoms with Crippen molar-refractivity contribution in [2.75, 3.05) is 5.32 Å². The first-order chi connectivity index (χ1) is 16.0. The lowest BCUT2D eigenvalue weighted by molar-refractivity contribution is -0.272. The molecule has 3 rings (SSSR count). The fourth-order valence-electron chi connectivity index (χ4n) is 5.00. The van der Waals surface area contributed by atoms with Gasteiger partial charge in [-0.2, -0.15) is 22.0 Å². The monoisotopic (exact) mass is 508 g/mol. The molecule has 35 heavy (non-hydrogen) atoms. The Labute approximate surface area is 197 Å². The molecule has 0 spiro atoms. The highest BCUT2D eigenvalue weighted by Crippen LogP contribution is 2.59. The molecular formula is C23H26F6N2O4. The topological polar surface area (TPSA) is 69.6 Å². The summed E-state index contributed by atoms with van der Waals surface area (Å²) in [5, 5.41) is 2.38. The van der Waals surface area contributed by atoms with Crippen molar-refractivity contribution in [1.82, 2.24) is 4.57 Å². The minimum atomic E-state index is -4.92. The fourth-order valence-corrected chi connectivity index (χ4v) is 5.00. The summed E-state index contributed by atoms with van der Waals surface area (Å²) in [4.78, 5) is 25.1. The Morgan fingerprint density at radius 3 is 2.49 bits per heavy atom. The van der Waals surface area contributed by atoms with E-state index in [-0.39, 0.29) is 17.7 Å². The molecule has 6 nitrogen and oxygen atoms in total. The van der Waals surface area contributed by atoms with E-state index in [1.54, 1.807) is 0 Å². The lowest BCUT2D eigenvalue weighted by Gasteiger charge is -2.43. The zero-order chi connectivity index (χ0) is 26.5. The molecule has 1 unspecified atom stereocenters. The number of aromatic nitrogens is 1. The number of anilines is 1. The predicted molar refractivity (Wildman–Crippen MR) is 114 cm³/mol. The molecule has 0 saturated carbocycles. The quantitative estimate of drug-likeness (QED) is 0.564.